The molecule has 2 aliphatic heterocycles. The molecule has 0 unspecified atom stereocenters. The van der Waals surface area contributed by atoms with Crippen LogP contribution in [0.25, 0.3) is 11.3 Å². The van der Waals surface area contributed by atoms with Crippen LogP contribution in [0.15, 0.2) is 78.2 Å². The molecule has 2 aliphatic rings. The summed E-state index contributed by atoms with van der Waals surface area (Å²) in [5.74, 6) is 1.31. The second kappa shape index (κ2) is 14.3. The molecule has 46 heavy (non-hydrogen) atoms. The van der Waals surface area contributed by atoms with Gasteiger partial charge in [-0.1, -0.05) is 36.4 Å². The van der Waals surface area contributed by atoms with E-state index in [1.807, 2.05) is 66.0 Å². The molecule has 0 radical (unpaired) electrons. The molecule has 1 aromatic heterocycles. The fourth-order valence-corrected chi connectivity index (χ4v) is 8.46. The van der Waals surface area contributed by atoms with Crippen molar-refractivity contribution in [2.24, 2.45) is 0 Å². The van der Waals surface area contributed by atoms with Crippen LogP contribution in [0.3, 0.4) is 0 Å². The van der Waals surface area contributed by atoms with Gasteiger partial charge in [-0.3, -0.25) is 23.6 Å². The molecule has 0 saturated carbocycles. The van der Waals surface area contributed by atoms with Crippen LogP contribution in [0, 0.1) is 0 Å². The van der Waals surface area contributed by atoms with Gasteiger partial charge in [0.25, 0.3) is 11.8 Å². The highest BCUT2D eigenvalue weighted by atomic mass is 32.2. The lowest BCUT2D eigenvalue weighted by Gasteiger charge is -2.26. The van der Waals surface area contributed by atoms with E-state index in [0.29, 0.717) is 47.3 Å². The molecule has 2 saturated heterocycles. The topological polar surface area (TPSA) is 129 Å². The first-order valence-electron chi connectivity index (χ1n) is 15.1. The Morgan fingerprint density at radius 3 is 1.83 bits per heavy atom. The lowest BCUT2D eigenvalue weighted by Crippen LogP contribution is -2.39. The number of thiazole rings is 1. The van der Waals surface area contributed by atoms with Crippen molar-refractivity contribution in [2.45, 2.75) is 13.1 Å². The first-order chi connectivity index (χ1) is 22.2. The van der Waals surface area contributed by atoms with Crippen LogP contribution in [-0.2, 0) is 33.7 Å². The van der Waals surface area contributed by atoms with Crippen molar-refractivity contribution < 1.29 is 22.2 Å². The van der Waals surface area contributed by atoms with Gasteiger partial charge in [-0.05, 0) is 47.5 Å². The largest absolute Gasteiger partial charge is 0.322 e. The molecule has 3 aromatic carbocycles. The van der Waals surface area contributed by atoms with E-state index in [1.165, 1.54) is 11.3 Å². The van der Waals surface area contributed by atoms with E-state index in [2.05, 4.69) is 25.4 Å². The van der Waals surface area contributed by atoms with Crippen molar-refractivity contribution in [2.75, 3.05) is 59.8 Å². The van der Waals surface area contributed by atoms with Crippen molar-refractivity contribution in [3.05, 3.63) is 99.9 Å². The lowest BCUT2D eigenvalue weighted by atomic mass is 10.1. The molecule has 2 amide bonds. The first kappa shape index (κ1) is 32.2. The van der Waals surface area contributed by atoms with Gasteiger partial charge in [0, 0.05) is 89.5 Å². The number of carbonyl (C=O) groups excluding carboxylic acids is 2. The summed E-state index contributed by atoms with van der Waals surface area (Å²) in [5.41, 5.74) is 5.51. The maximum atomic E-state index is 12.9. The Hall–Kier alpha value is -3.75. The SMILES string of the molecule is O=C(Nc1ccc(CN2CCS(=O)(=O)CC2)cc1)c1ccc(-c2csc(C(=O)Nc3ccc(CN4CCS(=O)CC4)cc3)n2)cc1. The van der Waals surface area contributed by atoms with Gasteiger partial charge in [0.05, 0.1) is 17.2 Å². The van der Waals surface area contributed by atoms with E-state index in [4.69, 9.17) is 0 Å². The van der Waals surface area contributed by atoms with Crippen molar-refractivity contribution in [3.8, 4) is 11.3 Å². The average molecular weight is 678 g/mol. The summed E-state index contributed by atoms with van der Waals surface area (Å²) >= 11 is 1.26. The van der Waals surface area contributed by atoms with Crippen LogP contribution in [-0.4, -0.2) is 88.4 Å². The highest BCUT2D eigenvalue weighted by Gasteiger charge is 2.21. The molecule has 240 valence electrons. The fraction of sp³-hybridized carbons (Fsp3) is 0.303. The molecule has 3 heterocycles. The minimum Gasteiger partial charge on any atom is -0.322 e. The quantitative estimate of drug-likeness (QED) is 0.271. The number of nitrogens with one attached hydrogen (secondary N) is 2. The van der Waals surface area contributed by atoms with Gasteiger partial charge in [0.2, 0.25) is 0 Å². The molecule has 0 atom stereocenters. The zero-order valence-corrected chi connectivity index (χ0v) is 27.6. The van der Waals surface area contributed by atoms with Crippen molar-refractivity contribution in [3.63, 3.8) is 0 Å². The maximum Gasteiger partial charge on any atom is 0.284 e. The Labute approximate surface area is 275 Å². The summed E-state index contributed by atoms with van der Waals surface area (Å²) in [7, 11) is -3.60. The third-order valence-corrected chi connectivity index (χ3v) is 11.8. The van der Waals surface area contributed by atoms with Gasteiger partial charge < -0.3 is 10.6 Å². The van der Waals surface area contributed by atoms with Gasteiger partial charge >= 0.3 is 0 Å². The van der Waals surface area contributed by atoms with E-state index in [0.717, 1.165) is 47.8 Å². The number of hydrogen-bond donors (Lipinski definition) is 2. The van der Waals surface area contributed by atoms with Crippen LogP contribution in [0.1, 0.15) is 31.3 Å². The van der Waals surface area contributed by atoms with E-state index in [1.54, 1.807) is 12.1 Å². The Morgan fingerprint density at radius 2 is 1.26 bits per heavy atom. The van der Waals surface area contributed by atoms with Crippen molar-refractivity contribution >= 4 is 55.2 Å². The number of nitrogens with zero attached hydrogens (tertiary/aromatic N) is 3. The number of benzene rings is 3. The zero-order chi connectivity index (χ0) is 32.1. The third-order valence-electron chi connectivity index (χ3n) is 8.08. The normalized spacial score (nSPS) is 17.4. The maximum absolute atomic E-state index is 12.9. The molecule has 10 nitrogen and oxygen atoms in total. The first-order valence-corrected chi connectivity index (χ1v) is 19.2. The van der Waals surface area contributed by atoms with Gasteiger partial charge in [0.1, 0.15) is 0 Å². The van der Waals surface area contributed by atoms with Crippen molar-refractivity contribution in [1.82, 2.24) is 14.8 Å². The van der Waals surface area contributed by atoms with E-state index < -0.39 is 20.6 Å². The lowest BCUT2D eigenvalue weighted by molar-refractivity contribution is 0.101. The zero-order valence-electron chi connectivity index (χ0n) is 25.2. The van der Waals surface area contributed by atoms with Crippen LogP contribution in [0.5, 0.6) is 0 Å². The summed E-state index contributed by atoms with van der Waals surface area (Å²) in [5, 5.41) is 7.99. The third kappa shape index (κ3) is 8.53. The predicted molar refractivity (Wildman–Crippen MR) is 183 cm³/mol. The molecular formula is C33H35N5O5S3. The second-order valence-electron chi connectivity index (χ2n) is 11.5. The number of sulfone groups is 1. The Bertz CT molecular complexity index is 1800. The molecule has 0 bridgehead atoms. The number of carbonyl (C=O) groups is 2. The minimum absolute atomic E-state index is 0.195. The van der Waals surface area contributed by atoms with Gasteiger partial charge in [-0.15, -0.1) is 11.3 Å². The summed E-state index contributed by atoms with van der Waals surface area (Å²) in [6.07, 6.45) is 0. The number of hydrogen-bond acceptors (Lipinski definition) is 9. The molecule has 6 rings (SSSR count). The molecule has 2 N–H and O–H groups in total. The summed E-state index contributed by atoms with van der Waals surface area (Å²) in [6.45, 7) is 4.21. The van der Waals surface area contributed by atoms with Gasteiger partial charge in [0.15, 0.2) is 14.8 Å². The number of rotatable bonds is 9. The average Bonchev–Trinajstić information content (AvgIpc) is 3.56. The molecule has 2 fully saturated rings. The summed E-state index contributed by atoms with van der Waals surface area (Å²) in [4.78, 5) is 34.7. The summed E-state index contributed by atoms with van der Waals surface area (Å²) in [6, 6.07) is 22.4. The highest BCUT2D eigenvalue weighted by Crippen LogP contribution is 2.24. The Balaban J connectivity index is 0.990. The fourth-order valence-electron chi connectivity index (χ4n) is 5.34. The Morgan fingerprint density at radius 1 is 0.739 bits per heavy atom. The monoisotopic (exact) mass is 677 g/mol. The molecule has 4 aromatic rings. The van der Waals surface area contributed by atoms with Gasteiger partial charge in [-0.25, -0.2) is 13.4 Å². The smallest absolute Gasteiger partial charge is 0.284 e. The highest BCUT2D eigenvalue weighted by molar-refractivity contribution is 7.91. The molecule has 0 spiro atoms. The van der Waals surface area contributed by atoms with E-state index >= 15 is 0 Å². The van der Waals surface area contributed by atoms with Crippen LogP contribution >= 0.6 is 11.3 Å². The molecule has 13 heteroatoms. The molecular weight excluding hydrogens is 643 g/mol. The number of aromatic nitrogens is 1. The second-order valence-corrected chi connectivity index (χ2v) is 16.3. The van der Waals surface area contributed by atoms with Crippen LogP contribution in [0.4, 0.5) is 11.4 Å². The summed E-state index contributed by atoms with van der Waals surface area (Å²) < 4.78 is 34.9. The van der Waals surface area contributed by atoms with Crippen molar-refractivity contribution in [1.29, 1.82) is 0 Å². The van der Waals surface area contributed by atoms with Crippen LogP contribution < -0.4 is 10.6 Å². The van der Waals surface area contributed by atoms with Gasteiger partial charge in [-0.2, -0.15) is 0 Å². The Kier molecular flexibility index (Phi) is 10.0. The predicted octanol–water partition coefficient (Wildman–Crippen LogP) is 4.11. The van der Waals surface area contributed by atoms with E-state index in [9.17, 15) is 22.2 Å². The number of amides is 2. The molecule has 0 aliphatic carbocycles. The van der Waals surface area contributed by atoms with Crippen LogP contribution in [0.2, 0.25) is 0 Å². The standard InChI is InChI=1S/C33H35N5O5S3/c39-31(34-28-9-1-25(2-10-28)22-38-15-19-46(42,43)20-16-38)27-7-5-26(6-8-27)30-23-44-33(36-30)32(40)35-29-11-3-24(4-12-29)21-37-13-17-45(41)18-14-37/h1-12,23H,13-22H2,(H,34,39)(H,35,40). The van der Waals surface area contributed by atoms with E-state index in [-0.39, 0.29) is 23.3 Å². The minimum atomic E-state index is -2.91. The number of anilines is 2.